The first-order valence-corrected chi connectivity index (χ1v) is 8.06. The summed E-state index contributed by atoms with van der Waals surface area (Å²) in [6.07, 6.45) is 0. The molecular weight excluding hydrogens is 322 g/mol. The molecule has 1 aromatic carbocycles. The lowest BCUT2D eigenvalue weighted by Crippen LogP contribution is -2.11. The molecule has 0 saturated carbocycles. The molecule has 0 atom stereocenters. The Morgan fingerprint density at radius 3 is 2.22 bits per heavy atom. The van der Waals surface area contributed by atoms with Crippen molar-refractivity contribution in [1.29, 1.82) is 0 Å². The molecule has 3 aromatic rings. The summed E-state index contributed by atoms with van der Waals surface area (Å²) in [5.74, 6) is 1.21. The van der Waals surface area contributed by atoms with Crippen molar-refractivity contribution in [1.82, 2.24) is 15.3 Å². The smallest absolute Gasteiger partial charge is 0.344 e. The average molecular weight is 335 g/mol. The maximum absolute atomic E-state index is 12.3. The van der Waals surface area contributed by atoms with E-state index in [1.807, 2.05) is 0 Å². The Morgan fingerprint density at radius 1 is 1.00 bits per heavy atom. The summed E-state index contributed by atoms with van der Waals surface area (Å²) >= 11 is 0. The molecule has 0 aliphatic rings. The average Bonchev–Trinajstić information content (AvgIpc) is 3.06. The molecule has 0 N–H and O–H groups in total. The molecule has 3 rings (SSSR count). The first-order valence-electron chi connectivity index (χ1n) is 6.65. The predicted molar refractivity (Wildman–Crippen MR) is 78.3 cm³/mol. The molecule has 0 fully saturated rings. The monoisotopic (exact) mass is 335 g/mol. The summed E-state index contributed by atoms with van der Waals surface area (Å²) < 4.78 is 39.5. The minimum absolute atomic E-state index is 0.0598. The standard InChI is InChI=1S/C14H13N3O5S/c1-8-13(9(2)20-16-8)23(18,19)22-12-6-4-11(5-7-12)14-15-10(3)21-17-14/h4-7H,1-3H3. The second-order valence-electron chi connectivity index (χ2n) is 4.85. The lowest BCUT2D eigenvalue weighted by atomic mass is 10.2. The predicted octanol–water partition coefficient (Wildman–Crippen LogP) is 2.42. The van der Waals surface area contributed by atoms with Crippen LogP contribution in [0.2, 0.25) is 0 Å². The van der Waals surface area contributed by atoms with Crippen LogP contribution in [0.15, 0.2) is 38.2 Å². The summed E-state index contributed by atoms with van der Waals surface area (Å²) in [6.45, 7) is 4.73. The van der Waals surface area contributed by atoms with E-state index in [4.69, 9.17) is 13.2 Å². The third kappa shape index (κ3) is 2.95. The van der Waals surface area contributed by atoms with Crippen molar-refractivity contribution in [2.75, 3.05) is 0 Å². The Balaban J connectivity index is 1.86. The zero-order chi connectivity index (χ0) is 16.6. The fraction of sp³-hybridized carbons (Fsp3) is 0.214. The SMILES string of the molecule is Cc1nc(-c2ccc(OS(=O)(=O)c3c(C)noc3C)cc2)no1. The molecular formula is C14H13N3O5S. The van der Waals surface area contributed by atoms with Crippen molar-refractivity contribution in [2.45, 2.75) is 25.7 Å². The molecule has 0 unspecified atom stereocenters. The molecule has 23 heavy (non-hydrogen) atoms. The van der Waals surface area contributed by atoms with Gasteiger partial charge in [0.1, 0.15) is 11.4 Å². The lowest BCUT2D eigenvalue weighted by molar-refractivity contribution is 0.389. The fourth-order valence-electron chi connectivity index (χ4n) is 2.08. The van der Waals surface area contributed by atoms with E-state index in [0.717, 1.165) is 0 Å². The normalized spacial score (nSPS) is 11.6. The van der Waals surface area contributed by atoms with Gasteiger partial charge in [-0.1, -0.05) is 10.3 Å². The van der Waals surface area contributed by atoms with Crippen molar-refractivity contribution in [2.24, 2.45) is 0 Å². The summed E-state index contributed by atoms with van der Waals surface area (Å²) in [4.78, 5) is 4.03. The van der Waals surface area contributed by atoms with E-state index >= 15 is 0 Å². The molecule has 9 heteroatoms. The van der Waals surface area contributed by atoms with E-state index in [0.29, 0.717) is 17.3 Å². The van der Waals surface area contributed by atoms with Gasteiger partial charge in [0.2, 0.25) is 11.7 Å². The van der Waals surface area contributed by atoms with Gasteiger partial charge in [0, 0.05) is 12.5 Å². The van der Waals surface area contributed by atoms with Crippen LogP contribution in [0.25, 0.3) is 11.4 Å². The highest BCUT2D eigenvalue weighted by atomic mass is 32.2. The van der Waals surface area contributed by atoms with Gasteiger partial charge in [-0.2, -0.15) is 13.4 Å². The van der Waals surface area contributed by atoms with Crippen LogP contribution in [0.3, 0.4) is 0 Å². The lowest BCUT2D eigenvalue weighted by Gasteiger charge is -2.06. The Labute approximate surface area is 132 Å². The van der Waals surface area contributed by atoms with Crippen LogP contribution in [0.4, 0.5) is 0 Å². The highest BCUT2D eigenvalue weighted by Gasteiger charge is 2.26. The second kappa shape index (κ2) is 5.51. The highest BCUT2D eigenvalue weighted by Crippen LogP contribution is 2.25. The molecule has 0 saturated heterocycles. The molecule has 0 aliphatic carbocycles. The number of rotatable bonds is 4. The zero-order valence-corrected chi connectivity index (χ0v) is 13.4. The number of nitrogens with zero attached hydrogens (tertiary/aromatic N) is 3. The van der Waals surface area contributed by atoms with Crippen LogP contribution < -0.4 is 4.18 Å². The zero-order valence-electron chi connectivity index (χ0n) is 12.6. The fourth-order valence-corrected chi connectivity index (χ4v) is 3.31. The maximum atomic E-state index is 12.3. The van der Waals surface area contributed by atoms with Gasteiger partial charge in [-0.25, -0.2) is 0 Å². The Bertz CT molecular complexity index is 922. The van der Waals surface area contributed by atoms with Crippen molar-refractivity contribution in [3.63, 3.8) is 0 Å². The van der Waals surface area contributed by atoms with E-state index in [1.165, 1.54) is 26.0 Å². The van der Waals surface area contributed by atoms with Gasteiger partial charge in [-0.3, -0.25) is 0 Å². The van der Waals surface area contributed by atoms with Crippen LogP contribution >= 0.6 is 0 Å². The van der Waals surface area contributed by atoms with Crippen LogP contribution in [0.5, 0.6) is 5.75 Å². The van der Waals surface area contributed by atoms with Crippen molar-refractivity contribution in [3.8, 4) is 17.1 Å². The number of benzene rings is 1. The van der Waals surface area contributed by atoms with Crippen molar-refractivity contribution >= 4 is 10.1 Å². The summed E-state index contributed by atoms with van der Waals surface area (Å²) in [5.41, 5.74) is 0.935. The summed E-state index contributed by atoms with van der Waals surface area (Å²) in [6, 6.07) is 6.30. The molecule has 0 bridgehead atoms. The van der Waals surface area contributed by atoms with Crippen LogP contribution in [-0.2, 0) is 10.1 Å². The number of hydrogen-bond donors (Lipinski definition) is 0. The van der Waals surface area contributed by atoms with Gasteiger partial charge in [-0.15, -0.1) is 0 Å². The van der Waals surface area contributed by atoms with E-state index < -0.39 is 10.1 Å². The first-order chi connectivity index (χ1) is 10.9. The molecule has 0 aliphatic heterocycles. The quantitative estimate of drug-likeness (QED) is 0.669. The highest BCUT2D eigenvalue weighted by molar-refractivity contribution is 7.87. The molecule has 0 spiro atoms. The van der Waals surface area contributed by atoms with Crippen LogP contribution in [-0.4, -0.2) is 23.7 Å². The molecule has 0 amide bonds. The minimum atomic E-state index is -4.01. The van der Waals surface area contributed by atoms with Gasteiger partial charge in [0.25, 0.3) is 0 Å². The summed E-state index contributed by atoms with van der Waals surface area (Å²) in [7, 11) is -4.01. The number of aromatic nitrogens is 3. The molecule has 0 radical (unpaired) electrons. The van der Waals surface area contributed by atoms with Gasteiger partial charge < -0.3 is 13.2 Å². The van der Waals surface area contributed by atoms with Gasteiger partial charge in [0.05, 0.1) is 0 Å². The molecule has 120 valence electrons. The summed E-state index contributed by atoms with van der Waals surface area (Å²) in [5, 5.41) is 7.41. The van der Waals surface area contributed by atoms with E-state index in [9.17, 15) is 8.42 Å². The Hall–Kier alpha value is -2.68. The van der Waals surface area contributed by atoms with E-state index in [2.05, 4.69) is 15.3 Å². The molecule has 2 heterocycles. The molecule has 2 aromatic heterocycles. The van der Waals surface area contributed by atoms with Crippen molar-refractivity contribution < 1.29 is 21.6 Å². The molecule has 8 nitrogen and oxygen atoms in total. The third-order valence-electron chi connectivity index (χ3n) is 3.06. The van der Waals surface area contributed by atoms with Gasteiger partial charge in [-0.05, 0) is 38.1 Å². The van der Waals surface area contributed by atoms with Gasteiger partial charge >= 0.3 is 10.1 Å². The number of aryl methyl sites for hydroxylation is 3. The largest absolute Gasteiger partial charge is 0.379 e. The van der Waals surface area contributed by atoms with E-state index in [1.54, 1.807) is 19.1 Å². The third-order valence-corrected chi connectivity index (χ3v) is 4.56. The topological polar surface area (TPSA) is 108 Å². The Morgan fingerprint density at radius 2 is 1.70 bits per heavy atom. The van der Waals surface area contributed by atoms with Crippen molar-refractivity contribution in [3.05, 3.63) is 41.6 Å². The number of hydrogen-bond acceptors (Lipinski definition) is 8. The second-order valence-corrected chi connectivity index (χ2v) is 6.34. The van der Waals surface area contributed by atoms with Crippen LogP contribution in [0, 0.1) is 20.8 Å². The van der Waals surface area contributed by atoms with Gasteiger partial charge in [0.15, 0.2) is 10.7 Å². The van der Waals surface area contributed by atoms with Crippen LogP contribution in [0.1, 0.15) is 17.3 Å². The van der Waals surface area contributed by atoms with E-state index in [-0.39, 0.29) is 22.1 Å². The Kier molecular flexibility index (Phi) is 3.64. The maximum Gasteiger partial charge on any atom is 0.344 e. The first kappa shape index (κ1) is 15.2. The minimum Gasteiger partial charge on any atom is -0.379 e.